The van der Waals surface area contributed by atoms with E-state index in [0.29, 0.717) is 29.2 Å². The van der Waals surface area contributed by atoms with E-state index in [4.69, 9.17) is 4.42 Å². The van der Waals surface area contributed by atoms with E-state index in [1.807, 2.05) is 54.0 Å². The second kappa shape index (κ2) is 9.80. The number of carbonyl (C=O) groups is 1. The lowest BCUT2D eigenvalue weighted by atomic mass is 10.0. The highest BCUT2D eigenvalue weighted by atomic mass is 79.9. The van der Waals surface area contributed by atoms with Crippen LogP contribution in [0.1, 0.15) is 32.3 Å². The Labute approximate surface area is 207 Å². The second-order valence-electron chi connectivity index (χ2n) is 7.57. The fourth-order valence-electron chi connectivity index (χ4n) is 3.43. The largest absolute Gasteiger partial charge is 0.453 e. The Morgan fingerprint density at radius 1 is 1.12 bits per heavy atom. The van der Waals surface area contributed by atoms with Crippen LogP contribution in [0, 0.1) is 0 Å². The third-order valence-electron chi connectivity index (χ3n) is 4.97. The molecule has 0 unspecified atom stereocenters. The van der Waals surface area contributed by atoms with Gasteiger partial charge in [0.05, 0.1) is 5.75 Å². The first-order valence-corrected chi connectivity index (χ1v) is 12.8. The van der Waals surface area contributed by atoms with E-state index in [1.165, 1.54) is 11.8 Å². The predicted molar refractivity (Wildman–Crippen MR) is 136 cm³/mol. The smallest absolute Gasteiger partial charge is 0.234 e. The molecule has 1 N–H and O–H groups in total. The third kappa shape index (κ3) is 4.94. The van der Waals surface area contributed by atoms with Crippen molar-refractivity contribution < 1.29 is 9.21 Å². The summed E-state index contributed by atoms with van der Waals surface area (Å²) in [5.74, 6) is 1.75. The van der Waals surface area contributed by atoms with Crippen molar-refractivity contribution in [1.82, 2.24) is 14.8 Å². The maximum atomic E-state index is 12.6. The van der Waals surface area contributed by atoms with Crippen LogP contribution in [0.25, 0.3) is 22.6 Å². The van der Waals surface area contributed by atoms with Crippen LogP contribution in [0.15, 0.2) is 61.0 Å². The maximum Gasteiger partial charge on any atom is 0.234 e. The van der Waals surface area contributed by atoms with E-state index in [1.54, 1.807) is 0 Å². The molecule has 4 aromatic rings. The van der Waals surface area contributed by atoms with Crippen LogP contribution in [-0.4, -0.2) is 26.4 Å². The van der Waals surface area contributed by atoms with Gasteiger partial charge in [-0.1, -0.05) is 57.5 Å². The normalized spacial score (nSPS) is 11.4. The van der Waals surface area contributed by atoms with Gasteiger partial charge in [-0.05, 0) is 60.9 Å². The molecule has 0 bridgehead atoms. The quantitative estimate of drug-likeness (QED) is 0.237. The van der Waals surface area contributed by atoms with Crippen molar-refractivity contribution in [3.63, 3.8) is 0 Å². The summed E-state index contributed by atoms with van der Waals surface area (Å²) in [6.45, 7) is 6.90. The van der Waals surface area contributed by atoms with Gasteiger partial charge in [-0.2, -0.15) is 0 Å². The van der Waals surface area contributed by atoms with Crippen LogP contribution in [0.3, 0.4) is 0 Å². The standard InChI is InChI=1S/C23H22Br2N4O2S/c1-4-29-22(20-10-14-9-15(24)6-8-19(14)31-20)27-28-23(29)32-12-21(30)26-18-7-5-16(25)11-17(18)13(2)3/h5-11,13H,4,12H2,1-3H3,(H,26,30). The topological polar surface area (TPSA) is 73.0 Å². The van der Waals surface area contributed by atoms with E-state index in [0.717, 1.165) is 31.2 Å². The average molecular weight is 578 g/mol. The summed E-state index contributed by atoms with van der Waals surface area (Å²) in [6.07, 6.45) is 0. The Bertz CT molecular complexity index is 1280. The molecule has 2 aromatic carbocycles. The minimum atomic E-state index is -0.0833. The zero-order chi connectivity index (χ0) is 22.8. The van der Waals surface area contributed by atoms with Crippen LogP contribution >= 0.6 is 43.6 Å². The summed E-state index contributed by atoms with van der Waals surface area (Å²) in [7, 11) is 0. The lowest BCUT2D eigenvalue weighted by Gasteiger charge is -2.14. The highest BCUT2D eigenvalue weighted by Gasteiger charge is 2.18. The van der Waals surface area contributed by atoms with E-state index in [9.17, 15) is 4.79 Å². The lowest BCUT2D eigenvalue weighted by Crippen LogP contribution is -2.16. The Kier molecular flexibility index (Phi) is 7.07. The molecule has 166 valence electrons. The molecule has 0 saturated heterocycles. The van der Waals surface area contributed by atoms with Crippen molar-refractivity contribution in [1.29, 1.82) is 0 Å². The number of nitrogens with one attached hydrogen (secondary N) is 1. The number of hydrogen-bond acceptors (Lipinski definition) is 5. The van der Waals surface area contributed by atoms with Crippen molar-refractivity contribution in [2.75, 3.05) is 11.1 Å². The van der Waals surface area contributed by atoms with Crippen molar-refractivity contribution >= 4 is 66.2 Å². The number of benzene rings is 2. The zero-order valence-corrected chi connectivity index (χ0v) is 21.8. The van der Waals surface area contributed by atoms with Gasteiger partial charge in [0.15, 0.2) is 10.9 Å². The summed E-state index contributed by atoms with van der Waals surface area (Å²) in [5.41, 5.74) is 2.71. The third-order valence-corrected chi connectivity index (χ3v) is 6.93. The molecule has 2 aromatic heterocycles. The fraction of sp³-hybridized carbons (Fsp3) is 0.261. The van der Waals surface area contributed by atoms with Crippen molar-refractivity contribution in [2.45, 2.75) is 38.4 Å². The van der Waals surface area contributed by atoms with Gasteiger partial charge < -0.3 is 9.73 Å². The van der Waals surface area contributed by atoms with Crippen molar-refractivity contribution in [3.05, 3.63) is 57.0 Å². The summed E-state index contributed by atoms with van der Waals surface area (Å²) in [6, 6.07) is 13.7. The van der Waals surface area contributed by atoms with Gasteiger partial charge >= 0.3 is 0 Å². The van der Waals surface area contributed by atoms with Crippen LogP contribution in [-0.2, 0) is 11.3 Å². The van der Waals surface area contributed by atoms with Gasteiger partial charge in [0.1, 0.15) is 5.58 Å². The Morgan fingerprint density at radius 3 is 2.62 bits per heavy atom. The summed E-state index contributed by atoms with van der Waals surface area (Å²) in [4.78, 5) is 12.6. The molecule has 2 heterocycles. The number of hydrogen-bond donors (Lipinski definition) is 1. The SMILES string of the molecule is CCn1c(SCC(=O)Nc2ccc(Br)cc2C(C)C)nnc1-c1cc2cc(Br)ccc2o1. The lowest BCUT2D eigenvalue weighted by molar-refractivity contribution is -0.113. The summed E-state index contributed by atoms with van der Waals surface area (Å²) >= 11 is 8.34. The molecule has 0 atom stereocenters. The van der Waals surface area contributed by atoms with Gasteiger partial charge in [-0.3, -0.25) is 9.36 Å². The van der Waals surface area contributed by atoms with Gasteiger partial charge in [0, 0.05) is 26.6 Å². The number of rotatable bonds is 7. The fourth-order valence-corrected chi connectivity index (χ4v) is 4.99. The molecule has 0 radical (unpaired) electrons. The average Bonchev–Trinajstić information content (AvgIpc) is 3.36. The number of nitrogens with zero attached hydrogens (tertiary/aromatic N) is 3. The minimum Gasteiger partial charge on any atom is -0.453 e. The molecule has 0 saturated carbocycles. The Hall–Kier alpha value is -2.10. The summed E-state index contributed by atoms with van der Waals surface area (Å²) in [5, 5.41) is 13.3. The number of furan rings is 1. The predicted octanol–water partition coefficient (Wildman–Crippen LogP) is 7.09. The van der Waals surface area contributed by atoms with Gasteiger partial charge in [0.25, 0.3) is 0 Å². The van der Waals surface area contributed by atoms with Gasteiger partial charge in [0.2, 0.25) is 11.7 Å². The minimum absolute atomic E-state index is 0.0833. The number of fused-ring (bicyclic) bond motifs is 1. The molecular formula is C23H22Br2N4O2S. The highest BCUT2D eigenvalue weighted by Crippen LogP contribution is 2.31. The summed E-state index contributed by atoms with van der Waals surface area (Å²) < 4.78 is 9.92. The maximum absolute atomic E-state index is 12.6. The monoisotopic (exact) mass is 576 g/mol. The van der Waals surface area contributed by atoms with Crippen LogP contribution < -0.4 is 5.32 Å². The van der Waals surface area contributed by atoms with Crippen LogP contribution in [0.2, 0.25) is 0 Å². The number of aromatic nitrogens is 3. The van der Waals surface area contributed by atoms with E-state index in [2.05, 4.69) is 61.2 Å². The van der Waals surface area contributed by atoms with Gasteiger partial charge in [-0.15, -0.1) is 10.2 Å². The van der Waals surface area contributed by atoms with Crippen LogP contribution in [0.4, 0.5) is 5.69 Å². The number of halogens is 2. The van der Waals surface area contributed by atoms with E-state index in [-0.39, 0.29) is 11.7 Å². The molecular weight excluding hydrogens is 556 g/mol. The first kappa shape index (κ1) is 23.1. The number of amides is 1. The van der Waals surface area contributed by atoms with Crippen molar-refractivity contribution in [2.24, 2.45) is 0 Å². The van der Waals surface area contributed by atoms with Gasteiger partial charge in [-0.25, -0.2) is 0 Å². The zero-order valence-electron chi connectivity index (χ0n) is 17.9. The highest BCUT2D eigenvalue weighted by molar-refractivity contribution is 9.10. The molecule has 9 heteroatoms. The molecule has 0 fully saturated rings. The molecule has 32 heavy (non-hydrogen) atoms. The first-order valence-electron chi connectivity index (χ1n) is 10.2. The molecule has 0 aliphatic heterocycles. The molecule has 6 nitrogen and oxygen atoms in total. The van der Waals surface area contributed by atoms with E-state index < -0.39 is 0 Å². The number of anilines is 1. The van der Waals surface area contributed by atoms with Crippen LogP contribution in [0.5, 0.6) is 0 Å². The van der Waals surface area contributed by atoms with E-state index >= 15 is 0 Å². The van der Waals surface area contributed by atoms with Crippen molar-refractivity contribution in [3.8, 4) is 11.6 Å². The molecule has 0 aliphatic rings. The Balaban J connectivity index is 1.49. The molecule has 4 rings (SSSR count). The molecule has 0 aliphatic carbocycles. The Morgan fingerprint density at radius 2 is 1.88 bits per heavy atom. The molecule has 0 spiro atoms. The number of carbonyl (C=O) groups excluding carboxylic acids is 1. The second-order valence-corrected chi connectivity index (χ2v) is 10.3. The number of thioether (sulfide) groups is 1. The first-order chi connectivity index (χ1) is 15.4. The molecule has 1 amide bonds.